The lowest BCUT2D eigenvalue weighted by Gasteiger charge is -2.19. The lowest BCUT2D eigenvalue weighted by atomic mass is 10.1. The third-order valence-corrected chi connectivity index (χ3v) is 5.44. The minimum Gasteiger partial charge on any atom is -0.486 e. The Morgan fingerprint density at radius 1 is 1.23 bits per heavy atom. The van der Waals surface area contributed by atoms with Crippen LogP contribution in [0, 0.1) is 0 Å². The number of rotatable bonds is 7. The van der Waals surface area contributed by atoms with Gasteiger partial charge < -0.3 is 19.9 Å². The number of benzene rings is 1. The molecule has 0 bridgehead atoms. The van der Waals surface area contributed by atoms with Crippen LogP contribution < -0.4 is 20.3 Å². The third-order valence-electron chi connectivity index (χ3n) is 4.67. The summed E-state index contributed by atoms with van der Waals surface area (Å²) in [4.78, 5) is 22.6. The second-order valence-corrected chi connectivity index (χ2v) is 7.37. The smallest absolute Gasteiger partial charge is 0.272 e. The zero-order valence-electron chi connectivity index (χ0n) is 16.5. The first-order valence-electron chi connectivity index (χ1n) is 9.57. The Labute approximate surface area is 177 Å². The number of thioether (sulfide) groups is 1. The van der Waals surface area contributed by atoms with Gasteiger partial charge in [-0.15, -0.1) is 11.8 Å². The summed E-state index contributed by atoms with van der Waals surface area (Å²) in [6, 6.07) is 7.23. The summed E-state index contributed by atoms with van der Waals surface area (Å²) in [6.45, 7) is 1.70. The minimum absolute atomic E-state index is 0.104. The number of aliphatic hydroxyl groups is 1. The topological polar surface area (TPSA) is 98.5 Å². The van der Waals surface area contributed by atoms with Crippen LogP contribution in [0.1, 0.15) is 6.42 Å². The molecule has 0 saturated carbocycles. The Morgan fingerprint density at radius 2 is 2.07 bits per heavy atom. The maximum absolute atomic E-state index is 13.3. The van der Waals surface area contributed by atoms with Crippen LogP contribution in [-0.4, -0.2) is 52.3 Å². The lowest BCUT2D eigenvalue weighted by molar-refractivity contribution is 0.171. The fourth-order valence-electron chi connectivity index (χ4n) is 3.22. The van der Waals surface area contributed by atoms with Gasteiger partial charge in [-0.2, -0.15) is 0 Å². The molecule has 156 valence electrons. The van der Waals surface area contributed by atoms with Gasteiger partial charge in [0.2, 0.25) is 0 Å². The number of ether oxygens (including phenoxy) is 2. The summed E-state index contributed by atoms with van der Waals surface area (Å²) in [7, 11) is 0. The zero-order valence-corrected chi connectivity index (χ0v) is 17.3. The highest BCUT2D eigenvalue weighted by molar-refractivity contribution is 7.98. The molecule has 8 nitrogen and oxygen atoms in total. The molecule has 2 N–H and O–H groups in total. The van der Waals surface area contributed by atoms with E-state index in [2.05, 4.69) is 15.3 Å². The molecule has 1 aliphatic rings. The Balaban J connectivity index is 1.75. The molecule has 0 saturated heterocycles. The molecule has 0 radical (unpaired) electrons. The van der Waals surface area contributed by atoms with Crippen molar-refractivity contribution in [2.75, 3.05) is 37.9 Å². The number of hydrogen-bond donors (Lipinski definition) is 2. The Hall–Kier alpha value is -3.04. The molecule has 3 heterocycles. The fraction of sp³-hybridized carbons (Fsp3) is 0.286. The molecule has 1 aliphatic heterocycles. The van der Waals surface area contributed by atoms with E-state index in [-0.39, 0.29) is 12.2 Å². The molecule has 3 aromatic rings. The van der Waals surface area contributed by atoms with Crippen molar-refractivity contribution in [1.82, 2.24) is 14.5 Å². The number of hydrogen-bond acceptors (Lipinski definition) is 8. The summed E-state index contributed by atoms with van der Waals surface area (Å²) in [5.41, 5.74) is 2.62. The van der Waals surface area contributed by atoms with E-state index >= 15 is 0 Å². The fourth-order valence-corrected chi connectivity index (χ4v) is 3.85. The van der Waals surface area contributed by atoms with Gasteiger partial charge in [0, 0.05) is 42.9 Å². The van der Waals surface area contributed by atoms with Crippen LogP contribution in [0.3, 0.4) is 0 Å². The van der Waals surface area contributed by atoms with E-state index in [1.165, 1.54) is 22.7 Å². The van der Waals surface area contributed by atoms with Gasteiger partial charge in [-0.3, -0.25) is 14.3 Å². The van der Waals surface area contributed by atoms with Crippen molar-refractivity contribution in [3.63, 3.8) is 0 Å². The summed E-state index contributed by atoms with van der Waals surface area (Å²) in [5, 5.41) is 12.3. The summed E-state index contributed by atoms with van der Waals surface area (Å²) < 4.78 is 12.7. The van der Waals surface area contributed by atoms with E-state index in [0.717, 1.165) is 11.3 Å². The van der Waals surface area contributed by atoms with Gasteiger partial charge in [-0.1, -0.05) is 0 Å². The number of anilines is 1. The van der Waals surface area contributed by atoms with Crippen LogP contribution >= 0.6 is 11.8 Å². The Morgan fingerprint density at radius 3 is 2.87 bits per heavy atom. The van der Waals surface area contributed by atoms with Crippen molar-refractivity contribution in [3.8, 4) is 28.4 Å². The third kappa shape index (κ3) is 3.99. The minimum atomic E-state index is -0.172. The standard InChI is InChI=1S/C21H22N4O4S/c1-30-20-19(15-12-22-7-5-16(15)23-6-2-8-26)24-13-25(21(20)27)14-3-4-17-18(11-14)29-10-9-28-17/h3-5,7,11-13,26H,2,6,8-10H2,1H3,(H,22,23). The maximum atomic E-state index is 13.3. The second-order valence-electron chi connectivity index (χ2n) is 6.55. The van der Waals surface area contributed by atoms with Crippen LogP contribution in [0.15, 0.2) is 52.7 Å². The monoisotopic (exact) mass is 426 g/mol. The molecule has 0 unspecified atom stereocenters. The number of fused-ring (bicyclic) bond motifs is 1. The highest BCUT2D eigenvalue weighted by Crippen LogP contribution is 2.33. The van der Waals surface area contributed by atoms with Gasteiger partial charge in [0.25, 0.3) is 5.56 Å². The summed E-state index contributed by atoms with van der Waals surface area (Å²) in [5.74, 6) is 1.28. The van der Waals surface area contributed by atoms with Crippen molar-refractivity contribution in [2.45, 2.75) is 11.3 Å². The number of nitrogens with one attached hydrogen (secondary N) is 1. The molecule has 2 aromatic heterocycles. The molecule has 0 amide bonds. The highest BCUT2D eigenvalue weighted by Gasteiger charge is 2.18. The highest BCUT2D eigenvalue weighted by atomic mass is 32.2. The summed E-state index contributed by atoms with van der Waals surface area (Å²) >= 11 is 1.34. The SMILES string of the molecule is CSc1c(-c2cnccc2NCCCO)ncn(-c2ccc3c(c2)OCCO3)c1=O. The molecule has 30 heavy (non-hydrogen) atoms. The predicted octanol–water partition coefficient (Wildman–Crippen LogP) is 2.58. The van der Waals surface area contributed by atoms with Crippen molar-refractivity contribution in [3.05, 3.63) is 53.3 Å². The van der Waals surface area contributed by atoms with Crippen LogP contribution in [0.2, 0.25) is 0 Å². The first-order chi connectivity index (χ1) is 14.7. The van der Waals surface area contributed by atoms with Crippen LogP contribution in [0.5, 0.6) is 11.5 Å². The normalized spacial score (nSPS) is 12.6. The van der Waals surface area contributed by atoms with Crippen LogP contribution in [0.4, 0.5) is 5.69 Å². The molecule has 4 rings (SSSR count). The van der Waals surface area contributed by atoms with Crippen molar-refractivity contribution in [2.24, 2.45) is 0 Å². The van der Waals surface area contributed by atoms with Gasteiger partial charge in [-0.05, 0) is 30.9 Å². The van der Waals surface area contributed by atoms with Crippen molar-refractivity contribution >= 4 is 17.4 Å². The zero-order chi connectivity index (χ0) is 20.9. The molecule has 0 aliphatic carbocycles. The predicted molar refractivity (Wildman–Crippen MR) is 116 cm³/mol. The van der Waals surface area contributed by atoms with Gasteiger partial charge in [-0.25, -0.2) is 4.98 Å². The van der Waals surface area contributed by atoms with Crippen molar-refractivity contribution in [1.29, 1.82) is 0 Å². The first-order valence-corrected chi connectivity index (χ1v) is 10.8. The molecule has 0 fully saturated rings. The van der Waals surface area contributed by atoms with Gasteiger partial charge in [0.15, 0.2) is 11.5 Å². The van der Waals surface area contributed by atoms with Crippen LogP contribution in [0.25, 0.3) is 16.9 Å². The molecule has 0 spiro atoms. The molecular formula is C21H22N4O4S. The second kappa shape index (κ2) is 9.19. The average molecular weight is 426 g/mol. The average Bonchev–Trinajstić information content (AvgIpc) is 2.79. The number of pyridine rings is 1. The van der Waals surface area contributed by atoms with Gasteiger partial charge in [0.1, 0.15) is 19.5 Å². The number of aromatic nitrogens is 3. The Bertz CT molecular complexity index is 1100. The quantitative estimate of drug-likeness (QED) is 0.439. The lowest BCUT2D eigenvalue weighted by Crippen LogP contribution is -2.22. The molecular weight excluding hydrogens is 404 g/mol. The van der Waals surface area contributed by atoms with E-state index in [0.29, 0.717) is 54.0 Å². The van der Waals surface area contributed by atoms with E-state index in [1.807, 2.05) is 18.4 Å². The van der Waals surface area contributed by atoms with Gasteiger partial charge in [0.05, 0.1) is 16.3 Å². The van der Waals surface area contributed by atoms with E-state index in [4.69, 9.17) is 14.6 Å². The van der Waals surface area contributed by atoms with Crippen LogP contribution in [-0.2, 0) is 0 Å². The molecule has 1 aromatic carbocycles. The van der Waals surface area contributed by atoms with E-state index < -0.39 is 0 Å². The first kappa shape index (κ1) is 20.2. The maximum Gasteiger partial charge on any atom is 0.272 e. The van der Waals surface area contributed by atoms with Crippen molar-refractivity contribution < 1.29 is 14.6 Å². The largest absolute Gasteiger partial charge is 0.486 e. The molecule has 0 atom stereocenters. The van der Waals surface area contributed by atoms with Gasteiger partial charge >= 0.3 is 0 Å². The Kier molecular flexibility index (Phi) is 6.20. The van der Waals surface area contributed by atoms with E-state index in [1.54, 1.807) is 24.5 Å². The molecule has 9 heteroatoms. The number of aliphatic hydroxyl groups excluding tert-OH is 1. The number of nitrogens with zero attached hydrogens (tertiary/aromatic N) is 3. The van der Waals surface area contributed by atoms with E-state index in [9.17, 15) is 4.79 Å². The summed E-state index contributed by atoms with van der Waals surface area (Å²) in [6.07, 6.45) is 7.37.